The number of β-lactam (4-membered cyclic amide) rings is 1. The fourth-order valence-electron chi connectivity index (χ4n) is 4.55. The number of likely N-dealkylation sites (tertiary alicyclic amines) is 1. The quantitative estimate of drug-likeness (QED) is 0.412. The summed E-state index contributed by atoms with van der Waals surface area (Å²) in [4.78, 5) is 40.5. The first-order valence-electron chi connectivity index (χ1n) is 10.8. The number of aliphatic hydroxyl groups is 1. The van der Waals surface area contributed by atoms with E-state index in [4.69, 9.17) is 9.47 Å². The maximum absolute atomic E-state index is 12.7. The van der Waals surface area contributed by atoms with Gasteiger partial charge in [-0.1, -0.05) is 18.7 Å². The number of nitrogens with zero attached hydrogens (tertiary/aromatic N) is 2. The van der Waals surface area contributed by atoms with Crippen molar-refractivity contribution >= 4 is 41.2 Å². The predicted molar refractivity (Wildman–Crippen MR) is 122 cm³/mol. The Labute approximate surface area is 199 Å². The Bertz CT molecular complexity index is 1050. The number of amides is 1. The van der Waals surface area contributed by atoms with E-state index in [1.165, 1.54) is 28.4 Å². The molecule has 2 saturated heterocycles. The van der Waals surface area contributed by atoms with Crippen LogP contribution < -0.4 is 9.47 Å². The highest BCUT2D eigenvalue weighted by atomic mass is 32.2. The van der Waals surface area contributed by atoms with Crippen LogP contribution in [0.2, 0.25) is 0 Å². The number of thioether (sulfide) groups is 2. The van der Waals surface area contributed by atoms with E-state index >= 15 is 0 Å². The molecule has 1 aromatic rings. The second-order valence-corrected chi connectivity index (χ2v) is 11.1. The Hall–Kier alpha value is -2.21. The molecular weight excluding hydrogens is 468 g/mol. The third-order valence-corrected chi connectivity index (χ3v) is 9.20. The van der Waals surface area contributed by atoms with Crippen molar-refractivity contribution in [2.45, 2.75) is 36.5 Å². The number of carboxylic acids is 1. The monoisotopic (exact) mass is 492 g/mol. The number of hydrogen-bond acceptors (Lipinski definition) is 9. The van der Waals surface area contributed by atoms with Crippen molar-refractivity contribution in [1.82, 2.24) is 9.80 Å². The summed E-state index contributed by atoms with van der Waals surface area (Å²) >= 11 is 2.82. The van der Waals surface area contributed by atoms with Crippen LogP contribution in [0.1, 0.15) is 30.1 Å². The zero-order chi connectivity index (χ0) is 23.3. The molecule has 4 aliphatic rings. The molecular formula is C22H24N2O7S2. The minimum absolute atomic E-state index is 0.00854. The molecule has 176 valence electrons. The van der Waals surface area contributed by atoms with Crippen molar-refractivity contribution < 1.29 is 34.1 Å². The van der Waals surface area contributed by atoms with Crippen LogP contribution in [0, 0.1) is 5.92 Å². The Morgan fingerprint density at radius 2 is 2.09 bits per heavy atom. The number of hydrogen-bond donors (Lipinski definition) is 2. The van der Waals surface area contributed by atoms with Gasteiger partial charge in [0.1, 0.15) is 5.37 Å². The Morgan fingerprint density at radius 3 is 2.85 bits per heavy atom. The van der Waals surface area contributed by atoms with Gasteiger partial charge in [-0.15, -0.1) is 11.8 Å². The third kappa shape index (κ3) is 4.01. The highest BCUT2D eigenvalue weighted by Crippen LogP contribution is 2.55. The molecule has 1 aromatic carbocycles. The lowest BCUT2D eigenvalue weighted by atomic mass is 9.90. The average Bonchev–Trinajstić information content (AvgIpc) is 3.51. The normalized spacial score (nSPS) is 27.0. The van der Waals surface area contributed by atoms with E-state index in [0.29, 0.717) is 34.3 Å². The van der Waals surface area contributed by atoms with Gasteiger partial charge < -0.3 is 19.7 Å². The summed E-state index contributed by atoms with van der Waals surface area (Å²) in [5.74, 6) is -0.807. The molecule has 0 unspecified atom stereocenters. The summed E-state index contributed by atoms with van der Waals surface area (Å²) in [7, 11) is 0. The molecule has 0 aromatic heterocycles. The number of carbonyl (C=O) groups excluding carboxylic acids is 2. The second kappa shape index (κ2) is 8.86. The molecule has 2 fully saturated rings. The molecule has 5 rings (SSSR count). The van der Waals surface area contributed by atoms with Gasteiger partial charge in [-0.05, 0) is 37.6 Å². The number of benzene rings is 1. The van der Waals surface area contributed by atoms with E-state index in [1.54, 1.807) is 25.1 Å². The van der Waals surface area contributed by atoms with E-state index in [2.05, 4.69) is 4.90 Å². The molecule has 2 N–H and O–H groups in total. The van der Waals surface area contributed by atoms with Crippen LogP contribution in [-0.2, 0) is 9.59 Å². The number of aliphatic carboxylic acids is 1. The van der Waals surface area contributed by atoms with E-state index in [1.807, 2.05) is 0 Å². The molecule has 0 bridgehead atoms. The first-order valence-corrected chi connectivity index (χ1v) is 12.6. The standard InChI is InChI=1S/C22H24N2O7S2/c1-2-13(25)17-19(27)24-18(21(28)29)22(33-20(17)24)32-12-5-6-23(8-12)9-14(26)11-3-4-15-16(7-11)31-10-30-15/h3-4,7,12-13,17,20,25H,2,5-6,8-10H2,1H3,(H,28,29)/t12-,13-,17+,20+/m0/s1. The number of fused-ring (bicyclic) bond motifs is 2. The van der Waals surface area contributed by atoms with Gasteiger partial charge in [0, 0.05) is 17.4 Å². The zero-order valence-corrected chi connectivity index (χ0v) is 19.6. The number of ether oxygens (including phenoxy) is 2. The van der Waals surface area contributed by atoms with Crippen LogP contribution in [0.15, 0.2) is 28.1 Å². The molecule has 0 saturated carbocycles. The molecule has 4 heterocycles. The van der Waals surface area contributed by atoms with Gasteiger partial charge in [-0.3, -0.25) is 19.4 Å². The van der Waals surface area contributed by atoms with Crippen LogP contribution in [-0.4, -0.2) is 80.8 Å². The minimum atomic E-state index is -1.13. The van der Waals surface area contributed by atoms with Crippen LogP contribution in [0.5, 0.6) is 11.5 Å². The van der Waals surface area contributed by atoms with Crippen LogP contribution in [0.3, 0.4) is 0 Å². The van der Waals surface area contributed by atoms with Gasteiger partial charge in [0.05, 0.1) is 22.8 Å². The Morgan fingerprint density at radius 1 is 1.30 bits per heavy atom. The van der Waals surface area contributed by atoms with Crippen molar-refractivity contribution in [3.05, 3.63) is 33.7 Å². The van der Waals surface area contributed by atoms with Gasteiger partial charge in [0.15, 0.2) is 23.0 Å². The molecule has 11 heteroatoms. The topological polar surface area (TPSA) is 117 Å². The highest BCUT2D eigenvalue weighted by molar-refractivity contribution is 8.23. The molecule has 0 radical (unpaired) electrons. The van der Waals surface area contributed by atoms with E-state index in [9.17, 15) is 24.6 Å². The van der Waals surface area contributed by atoms with Crippen LogP contribution in [0.4, 0.5) is 0 Å². The minimum Gasteiger partial charge on any atom is -0.477 e. The maximum atomic E-state index is 12.7. The number of carboxylic acid groups (broad SMARTS) is 1. The maximum Gasteiger partial charge on any atom is 0.354 e. The number of ketones is 1. The summed E-state index contributed by atoms with van der Waals surface area (Å²) in [5, 5.41) is 19.7. The summed E-state index contributed by atoms with van der Waals surface area (Å²) in [6.45, 7) is 3.62. The average molecular weight is 493 g/mol. The fourth-order valence-corrected chi connectivity index (χ4v) is 7.86. The lowest BCUT2D eigenvalue weighted by molar-refractivity contribution is -0.157. The van der Waals surface area contributed by atoms with E-state index < -0.39 is 18.0 Å². The SMILES string of the molecule is CC[C@H](O)[C@@H]1C(=O)N2C(C(=O)O)=C(S[C@H]3CCN(CC(=O)c4ccc5c(c4)OCO5)C3)S[C@H]12. The second-order valence-electron chi connectivity index (χ2n) is 8.41. The lowest BCUT2D eigenvalue weighted by Crippen LogP contribution is -2.61. The lowest BCUT2D eigenvalue weighted by Gasteiger charge is -2.44. The summed E-state index contributed by atoms with van der Waals surface area (Å²) in [6.07, 6.45) is 0.492. The molecule has 1 amide bonds. The predicted octanol–water partition coefficient (Wildman–Crippen LogP) is 1.96. The van der Waals surface area contributed by atoms with Crippen molar-refractivity contribution in [2.75, 3.05) is 26.4 Å². The number of carbonyl (C=O) groups is 3. The molecule has 4 atom stereocenters. The summed E-state index contributed by atoms with van der Waals surface area (Å²) in [5.41, 5.74) is 0.593. The van der Waals surface area contributed by atoms with Crippen molar-refractivity contribution in [2.24, 2.45) is 5.92 Å². The van der Waals surface area contributed by atoms with Crippen molar-refractivity contribution in [3.8, 4) is 11.5 Å². The number of aliphatic hydroxyl groups excluding tert-OH is 1. The largest absolute Gasteiger partial charge is 0.477 e. The van der Waals surface area contributed by atoms with Gasteiger partial charge in [-0.2, -0.15) is 0 Å². The van der Waals surface area contributed by atoms with Crippen molar-refractivity contribution in [1.29, 1.82) is 0 Å². The van der Waals surface area contributed by atoms with Gasteiger partial charge in [0.25, 0.3) is 0 Å². The zero-order valence-electron chi connectivity index (χ0n) is 17.9. The molecule has 4 aliphatic heterocycles. The van der Waals surface area contributed by atoms with E-state index in [0.717, 1.165) is 13.0 Å². The van der Waals surface area contributed by atoms with Gasteiger partial charge >= 0.3 is 5.97 Å². The van der Waals surface area contributed by atoms with Crippen molar-refractivity contribution in [3.63, 3.8) is 0 Å². The summed E-state index contributed by atoms with van der Waals surface area (Å²) in [6, 6.07) is 5.18. The first-order chi connectivity index (χ1) is 15.9. The summed E-state index contributed by atoms with van der Waals surface area (Å²) < 4.78 is 11.2. The third-order valence-electron chi connectivity index (χ3n) is 6.35. The molecule has 0 aliphatic carbocycles. The van der Waals surface area contributed by atoms with Gasteiger partial charge in [-0.25, -0.2) is 4.79 Å². The highest BCUT2D eigenvalue weighted by Gasteiger charge is 2.58. The van der Waals surface area contributed by atoms with Crippen LogP contribution in [0.25, 0.3) is 0 Å². The fraction of sp³-hybridized carbons (Fsp3) is 0.500. The first kappa shape index (κ1) is 22.6. The Kier molecular flexibility index (Phi) is 6.06. The number of Topliss-reactive ketones (excluding diaryl/α,β-unsaturated/α-hetero) is 1. The molecule has 33 heavy (non-hydrogen) atoms. The van der Waals surface area contributed by atoms with Gasteiger partial charge in [0.2, 0.25) is 12.7 Å². The van der Waals surface area contributed by atoms with Crippen LogP contribution >= 0.6 is 23.5 Å². The molecule has 9 nitrogen and oxygen atoms in total. The number of rotatable bonds is 8. The van der Waals surface area contributed by atoms with E-state index in [-0.39, 0.29) is 41.3 Å². The smallest absolute Gasteiger partial charge is 0.354 e. The molecule has 0 spiro atoms. The Balaban J connectivity index is 1.21.